The molecule has 26 heavy (non-hydrogen) atoms. The highest BCUT2D eigenvalue weighted by molar-refractivity contribution is 7.91. The van der Waals surface area contributed by atoms with Crippen LogP contribution in [0.5, 0.6) is 5.75 Å². The SMILES string of the molecule is CCN(C(=O)COC(=O)/C=C/c1ccc(OC)cc1)[C@@H]1CCS(=O)(=O)C1. The molecule has 0 bridgehead atoms. The second-order valence-corrected chi connectivity index (χ2v) is 8.18. The van der Waals surface area contributed by atoms with Gasteiger partial charge in [0.15, 0.2) is 16.4 Å². The van der Waals surface area contributed by atoms with Gasteiger partial charge in [0.05, 0.1) is 18.6 Å². The monoisotopic (exact) mass is 381 g/mol. The molecule has 1 heterocycles. The summed E-state index contributed by atoms with van der Waals surface area (Å²) in [5.41, 5.74) is 0.792. The topological polar surface area (TPSA) is 90.0 Å². The number of benzene rings is 1. The van der Waals surface area contributed by atoms with Crippen LogP contribution in [0.2, 0.25) is 0 Å². The molecule has 1 aromatic carbocycles. The van der Waals surface area contributed by atoms with Crippen molar-refractivity contribution in [2.75, 3.05) is 31.8 Å². The molecule has 0 unspecified atom stereocenters. The number of carbonyl (C=O) groups is 2. The van der Waals surface area contributed by atoms with E-state index in [2.05, 4.69) is 0 Å². The first-order valence-electron chi connectivity index (χ1n) is 8.33. The Balaban J connectivity index is 1.85. The predicted octanol–water partition coefficient (Wildman–Crippen LogP) is 1.29. The van der Waals surface area contributed by atoms with Crippen molar-refractivity contribution < 1.29 is 27.5 Å². The van der Waals surface area contributed by atoms with E-state index in [1.165, 1.54) is 11.0 Å². The summed E-state index contributed by atoms with van der Waals surface area (Å²) >= 11 is 0. The lowest BCUT2D eigenvalue weighted by Crippen LogP contribution is -2.43. The summed E-state index contributed by atoms with van der Waals surface area (Å²) < 4.78 is 33.2. The van der Waals surface area contributed by atoms with Gasteiger partial charge in [-0.2, -0.15) is 0 Å². The molecule has 0 radical (unpaired) electrons. The normalized spacial score (nSPS) is 18.6. The van der Waals surface area contributed by atoms with Crippen molar-refractivity contribution in [3.05, 3.63) is 35.9 Å². The van der Waals surface area contributed by atoms with Gasteiger partial charge >= 0.3 is 5.97 Å². The van der Waals surface area contributed by atoms with Crippen LogP contribution in [0, 0.1) is 0 Å². The van der Waals surface area contributed by atoms with E-state index in [4.69, 9.17) is 9.47 Å². The molecule has 1 aromatic rings. The highest BCUT2D eigenvalue weighted by Gasteiger charge is 2.34. The fourth-order valence-corrected chi connectivity index (χ4v) is 4.53. The lowest BCUT2D eigenvalue weighted by atomic mass is 10.2. The first-order valence-corrected chi connectivity index (χ1v) is 10.2. The molecule has 1 atom stereocenters. The minimum absolute atomic E-state index is 0.0299. The Labute approximate surface area is 153 Å². The molecule has 1 fully saturated rings. The zero-order chi connectivity index (χ0) is 19.2. The highest BCUT2D eigenvalue weighted by atomic mass is 32.2. The molecule has 0 spiro atoms. The maximum atomic E-state index is 12.2. The lowest BCUT2D eigenvalue weighted by Gasteiger charge is -2.26. The Morgan fingerprint density at radius 3 is 2.50 bits per heavy atom. The third-order valence-electron chi connectivity index (χ3n) is 4.18. The van der Waals surface area contributed by atoms with Crippen LogP contribution in [0.1, 0.15) is 18.9 Å². The molecule has 1 aliphatic rings. The van der Waals surface area contributed by atoms with Crippen LogP contribution in [-0.4, -0.2) is 63.0 Å². The maximum Gasteiger partial charge on any atom is 0.331 e. The van der Waals surface area contributed by atoms with Crippen LogP contribution in [0.4, 0.5) is 0 Å². The molecular weight excluding hydrogens is 358 g/mol. The Bertz CT molecular complexity index is 769. The molecule has 0 aromatic heterocycles. The van der Waals surface area contributed by atoms with Crippen LogP contribution in [0.3, 0.4) is 0 Å². The van der Waals surface area contributed by atoms with E-state index in [1.54, 1.807) is 44.4 Å². The molecule has 7 nitrogen and oxygen atoms in total. The molecule has 0 saturated carbocycles. The molecule has 142 valence electrons. The van der Waals surface area contributed by atoms with E-state index in [1.807, 2.05) is 0 Å². The van der Waals surface area contributed by atoms with Gasteiger partial charge in [0, 0.05) is 18.7 Å². The van der Waals surface area contributed by atoms with Gasteiger partial charge in [-0.15, -0.1) is 0 Å². The van der Waals surface area contributed by atoms with Crippen LogP contribution < -0.4 is 4.74 Å². The number of ether oxygens (including phenoxy) is 2. The standard InChI is InChI=1S/C18H23NO6S/c1-3-19(15-10-11-26(22,23)13-15)17(20)12-25-18(21)9-6-14-4-7-16(24-2)8-5-14/h4-9,15H,3,10-13H2,1-2H3/b9-6+/t15-/m1/s1. The zero-order valence-corrected chi connectivity index (χ0v) is 15.7. The number of amides is 1. The van der Waals surface area contributed by atoms with Crippen molar-refractivity contribution in [1.82, 2.24) is 4.90 Å². The second kappa shape index (κ2) is 8.84. The van der Waals surface area contributed by atoms with Gasteiger partial charge < -0.3 is 14.4 Å². The molecule has 0 aliphatic carbocycles. The molecule has 1 saturated heterocycles. The Kier molecular flexibility index (Phi) is 6.79. The summed E-state index contributed by atoms with van der Waals surface area (Å²) in [6, 6.07) is 6.76. The number of hydrogen-bond donors (Lipinski definition) is 0. The zero-order valence-electron chi connectivity index (χ0n) is 14.9. The van der Waals surface area contributed by atoms with Crippen molar-refractivity contribution in [2.24, 2.45) is 0 Å². The van der Waals surface area contributed by atoms with E-state index in [9.17, 15) is 18.0 Å². The van der Waals surface area contributed by atoms with Crippen LogP contribution in [0.25, 0.3) is 6.08 Å². The predicted molar refractivity (Wildman–Crippen MR) is 97.4 cm³/mol. The third kappa shape index (κ3) is 5.59. The number of methoxy groups -OCH3 is 1. The average Bonchev–Trinajstić information content (AvgIpc) is 2.98. The van der Waals surface area contributed by atoms with E-state index in [0.717, 1.165) is 5.56 Å². The van der Waals surface area contributed by atoms with Gasteiger partial charge in [0.2, 0.25) is 0 Å². The summed E-state index contributed by atoms with van der Waals surface area (Å²) in [5, 5.41) is 0. The fourth-order valence-electron chi connectivity index (χ4n) is 2.80. The van der Waals surface area contributed by atoms with Gasteiger partial charge in [-0.05, 0) is 37.1 Å². The van der Waals surface area contributed by atoms with E-state index >= 15 is 0 Å². The van der Waals surface area contributed by atoms with Gasteiger partial charge in [0.1, 0.15) is 5.75 Å². The van der Waals surface area contributed by atoms with E-state index < -0.39 is 22.4 Å². The number of nitrogens with zero attached hydrogens (tertiary/aromatic N) is 1. The highest BCUT2D eigenvalue weighted by Crippen LogP contribution is 2.18. The summed E-state index contributed by atoms with van der Waals surface area (Å²) in [6.07, 6.45) is 3.24. The number of esters is 1. The number of sulfone groups is 1. The number of rotatable bonds is 7. The van der Waals surface area contributed by atoms with Gasteiger partial charge in [-0.1, -0.05) is 12.1 Å². The van der Waals surface area contributed by atoms with Crippen molar-refractivity contribution >= 4 is 27.8 Å². The van der Waals surface area contributed by atoms with Gasteiger partial charge in [0.25, 0.3) is 5.91 Å². The number of carbonyl (C=O) groups excluding carboxylic acids is 2. The first-order chi connectivity index (χ1) is 12.3. The maximum absolute atomic E-state index is 12.2. The minimum Gasteiger partial charge on any atom is -0.497 e. The first kappa shape index (κ1) is 20.0. The van der Waals surface area contributed by atoms with E-state index in [-0.39, 0.29) is 23.5 Å². The largest absolute Gasteiger partial charge is 0.497 e. The summed E-state index contributed by atoms with van der Waals surface area (Å²) in [4.78, 5) is 25.5. The van der Waals surface area contributed by atoms with Crippen molar-refractivity contribution in [3.63, 3.8) is 0 Å². The molecule has 2 rings (SSSR count). The quantitative estimate of drug-likeness (QED) is 0.522. The molecular formula is C18H23NO6S. The summed E-state index contributed by atoms with van der Waals surface area (Å²) in [5.74, 6) is -0.252. The molecule has 0 N–H and O–H groups in total. The number of likely N-dealkylation sites (N-methyl/N-ethyl adjacent to an activating group) is 1. The molecule has 8 heteroatoms. The van der Waals surface area contributed by atoms with Crippen molar-refractivity contribution in [3.8, 4) is 5.75 Å². The van der Waals surface area contributed by atoms with Crippen molar-refractivity contribution in [2.45, 2.75) is 19.4 Å². The Morgan fingerprint density at radius 1 is 1.27 bits per heavy atom. The lowest BCUT2D eigenvalue weighted by molar-refractivity contribution is -0.149. The summed E-state index contributed by atoms with van der Waals surface area (Å²) in [6.45, 7) is 1.74. The van der Waals surface area contributed by atoms with Crippen LogP contribution >= 0.6 is 0 Å². The smallest absolute Gasteiger partial charge is 0.331 e. The van der Waals surface area contributed by atoms with Gasteiger partial charge in [-0.3, -0.25) is 4.79 Å². The summed E-state index contributed by atoms with van der Waals surface area (Å²) in [7, 11) is -1.51. The van der Waals surface area contributed by atoms with Crippen LogP contribution in [-0.2, 0) is 24.2 Å². The average molecular weight is 381 g/mol. The fraction of sp³-hybridized carbons (Fsp3) is 0.444. The number of hydrogen-bond acceptors (Lipinski definition) is 6. The molecule has 1 aliphatic heterocycles. The van der Waals surface area contributed by atoms with Gasteiger partial charge in [-0.25, -0.2) is 13.2 Å². The van der Waals surface area contributed by atoms with E-state index in [0.29, 0.717) is 18.7 Å². The Morgan fingerprint density at radius 2 is 1.96 bits per heavy atom. The molecule has 1 amide bonds. The Hall–Kier alpha value is -2.35. The third-order valence-corrected chi connectivity index (χ3v) is 5.93. The minimum atomic E-state index is -3.08. The van der Waals surface area contributed by atoms with Crippen LogP contribution in [0.15, 0.2) is 30.3 Å². The van der Waals surface area contributed by atoms with Crippen molar-refractivity contribution in [1.29, 1.82) is 0 Å². The second-order valence-electron chi connectivity index (χ2n) is 5.95.